The Balaban J connectivity index is 1.71. The number of phenols is 3. The largest absolute Gasteiger partial charge is 0.507 e. The first-order valence-corrected chi connectivity index (χ1v) is 14.8. The molecule has 0 radical (unpaired) electrons. The van der Waals surface area contributed by atoms with Crippen molar-refractivity contribution in [3.63, 3.8) is 0 Å². The third-order valence-electron chi connectivity index (χ3n) is 6.67. The quantitative estimate of drug-likeness (QED) is 0.0895. The zero-order valence-corrected chi connectivity index (χ0v) is 26.6. The summed E-state index contributed by atoms with van der Waals surface area (Å²) in [6, 6.07) is 13.2. The number of rotatable bonds is 18. The number of aliphatic hydroxyl groups is 3. The molecule has 0 saturated heterocycles. The fraction of sp³-hybridized carbons (Fsp3) is 0.364. The van der Waals surface area contributed by atoms with E-state index in [2.05, 4.69) is 15.0 Å². The van der Waals surface area contributed by atoms with Gasteiger partial charge in [0.15, 0.2) is 17.5 Å². The van der Waals surface area contributed by atoms with Gasteiger partial charge in [-0.25, -0.2) is 15.0 Å². The fourth-order valence-electron chi connectivity index (χ4n) is 4.41. The van der Waals surface area contributed by atoms with E-state index in [9.17, 15) is 30.6 Å². The summed E-state index contributed by atoms with van der Waals surface area (Å²) in [5, 5.41) is 62.5. The molecule has 15 heteroatoms. The van der Waals surface area contributed by atoms with Crippen molar-refractivity contribution in [1.82, 2.24) is 15.0 Å². The Hall–Kier alpha value is -4.77. The molecule has 3 aromatic carbocycles. The van der Waals surface area contributed by atoms with E-state index in [1.54, 1.807) is 18.2 Å². The molecule has 0 saturated carbocycles. The van der Waals surface area contributed by atoms with Crippen LogP contribution >= 0.6 is 0 Å². The highest BCUT2D eigenvalue weighted by Gasteiger charge is 2.20. The second-order valence-electron chi connectivity index (χ2n) is 10.6. The van der Waals surface area contributed by atoms with Crippen LogP contribution in [-0.2, 0) is 14.2 Å². The number of aliphatic hydroxyl groups excluding tert-OH is 3. The number of hydrogen-bond acceptors (Lipinski definition) is 15. The second-order valence-corrected chi connectivity index (χ2v) is 10.6. The Kier molecular flexibility index (Phi) is 13.1. The number of methoxy groups -OCH3 is 3. The maximum Gasteiger partial charge on any atom is 0.167 e. The first-order chi connectivity index (χ1) is 23.1. The summed E-state index contributed by atoms with van der Waals surface area (Å²) >= 11 is 0. The van der Waals surface area contributed by atoms with Crippen LogP contribution in [0, 0.1) is 0 Å². The highest BCUT2D eigenvalue weighted by atomic mass is 16.5. The van der Waals surface area contributed by atoms with Crippen LogP contribution in [0.4, 0.5) is 0 Å². The minimum atomic E-state index is -0.870. The van der Waals surface area contributed by atoms with E-state index in [0.29, 0.717) is 0 Å². The first-order valence-electron chi connectivity index (χ1n) is 14.8. The van der Waals surface area contributed by atoms with Crippen LogP contribution in [0.1, 0.15) is 0 Å². The normalized spacial score (nSPS) is 13.1. The SMILES string of the molecule is COCC(O)COc1ccc(-c2nc(-c3ccc(OCC(O)COC)cc3O)nc(-c3ccc(OCC(O)COC)cc3O)n2)c(O)c1. The predicted molar refractivity (Wildman–Crippen MR) is 171 cm³/mol. The smallest absolute Gasteiger partial charge is 0.167 e. The lowest BCUT2D eigenvalue weighted by atomic mass is 10.1. The van der Waals surface area contributed by atoms with Crippen LogP contribution < -0.4 is 14.2 Å². The van der Waals surface area contributed by atoms with Gasteiger partial charge in [-0.1, -0.05) is 0 Å². The summed E-state index contributed by atoms with van der Waals surface area (Å²) < 4.78 is 31.3. The molecule has 3 atom stereocenters. The Morgan fingerprint density at radius 2 is 0.729 bits per heavy atom. The molecule has 48 heavy (non-hydrogen) atoms. The molecule has 0 aliphatic carbocycles. The van der Waals surface area contributed by atoms with Crippen molar-refractivity contribution in [2.45, 2.75) is 18.3 Å². The summed E-state index contributed by atoms with van der Waals surface area (Å²) in [7, 11) is 4.36. The molecule has 4 rings (SSSR count). The van der Waals surface area contributed by atoms with Gasteiger partial charge >= 0.3 is 0 Å². The molecule has 0 bridgehead atoms. The Labute approximate surface area is 276 Å². The summed E-state index contributed by atoms with van der Waals surface area (Å²) in [4.78, 5) is 13.5. The third kappa shape index (κ3) is 9.87. The van der Waals surface area contributed by atoms with Crippen molar-refractivity contribution in [3.8, 4) is 68.7 Å². The van der Waals surface area contributed by atoms with Crippen LogP contribution in [0.5, 0.6) is 34.5 Å². The molecule has 0 spiro atoms. The van der Waals surface area contributed by atoms with E-state index in [-0.39, 0.29) is 108 Å². The molecule has 0 aliphatic heterocycles. The van der Waals surface area contributed by atoms with Gasteiger partial charge in [-0.05, 0) is 36.4 Å². The van der Waals surface area contributed by atoms with Crippen LogP contribution in [0.3, 0.4) is 0 Å². The van der Waals surface area contributed by atoms with Crippen molar-refractivity contribution in [1.29, 1.82) is 0 Å². The summed E-state index contributed by atoms with van der Waals surface area (Å²) in [5.74, 6) is 0.0803. The maximum atomic E-state index is 10.9. The van der Waals surface area contributed by atoms with Gasteiger partial charge in [-0.15, -0.1) is 0 Å². The molecule has 0 amide bonds. The van der Waals surface area contributed by atoms with Crippen molar-refractivity contribution in [3.05, 3.63) is 54.6 Å². The Morgan fingerprint density at radius 1 is 0.458 bits per heavy atom. The fourth-order valence-corrected chi connectivity index (χ4v) is 4.41. The first kappa shape index (κ1) is 36.1. The Bertz CT molecular complexity index is 1440. The van der Waals surface area contributed by atoms with Crippen LogP contribution in [0.15, 0.2) is 54.6 Å². The number of aromatic nitrogens is 3. The molecule has 1 aromatic heterocycles. The molecule has 1 heterocycles. The molecule has 0 aliphatic rings. The van der Waals surface area contributed by atoms with Gasteiger partial charge in [-0.2, -0.15) is 0 Å². The Morgan fingerprint density at radius 3 is 0.958 bits per heavy atom. The predicted octanol–water partition coefficient (Wildman–Crippen LogP) is 2.15. The monoisotopic (exact) mass is 669 g/mol. The maximum absolute atomic E-state index is 10.9. The lowest BCUT2D eigenvalue weighted by Crippen LogP contribution is -2.22. The van der Waals surface area contributed by atoms with Gasteiger partial charge in [0, 0.05) is 39.5 Å². The number of ether oxygens (including phenoxy) is 6. The minimum absolute atomic E-state index is 0.00305. The van der Waals surface area contributed by atoms with Gasteiger partial charge in [0.2, 0.25) is 0 Å². The number of hydrogen-bond donors (Lipinski definition) is 6. The molecular formula is C33H39N3O12. The lowest BCUT2D eigenvalue weighted by Gasteiger charge is -2.15. The number of benzene rings is 3. The van der Waals surface area contributed by atoms with E-state index in [0.717, 1.165) is 0 Å². The van der Waals surface area contributed by atoms with Gasteiger partial charge in [0.25, 0.3) is 0 Å². The van der Waals surface area contributed by atoms with Gasteiger partial charge in [-0.3, -0.25) is 0 Å². The van der Waals surface area contributed by atoms with Crippen LogP contribution in [-0.4, -0.2) is 125 Å². The van der Waals surface area contributed by atoms with Crippen molar-refractivity contribution >= 4 is 0 Å². The van der Waals surface area contributed by atoms with E-state index < -0.39 is 18.3 Å². The molecule has 258 valence electrons. The van der Waals surface area contributed by atoms with E-state index >= 15 is 0 Å². The van der Waals surface area contributed by atoms with E-state index in [4.69, 9.17) is 28.4 Å². The number of nitrogens with zero attached hydrogens (tertiary/aromatic N) is 3. The van der Waals surface area contributed by atoms with Gasteiger partial charge in [0.05, 0.1) is 36.5 Å². The van der Waals surface area contributed by atoms with Gasteiger partial charge < -0.3 is 59.1 Å². The number of aromatic hydroxyl groups is 3. The van der Waals surface area contributed by atoms with Crippen molar-refractivity contribution < 1.29 is 59.1 Å². The summed E-state index contributed by atoms with van der Waals surface area (Å²) in [6.45, 7) is 0.0216. The van der Waals surface area contributed by atoms with Crippen LogP contribution in [0.25, 0.3) is 34.2 Å². The average Bonchev–Trinajstić information content (AvgIpc) is 3.06. The van der Waals surface area contributed by atoms with Gasteiger partial charge in [0.1, 0.15) is 72.6 Å². The molecule has 0 fully saturated rings. The number of phenolic OH excluding ortho intramolecular Hbond substituents is 3. The second kappa shape index (κ2) is 17.4. The van der Waals surface area contributed by atoms with Crippen molar-refractivity contribution in [2.24, 2.45) is 0 Å². The molecular weight excluding hydrogens is 630 g/mol. The summed E-state index contributed by atoms with van der Waals surface area (Å²) in [5.41, 5.74) is 0.550. The summed E-state index contributed by atoms with van der Waals surface area (Å²) in [6.07, 6.45) is -2.61. The highest BCUT2D eigenvalue weighted by molar-refractivity contribution is 5.74. The van der Waals surface area contributed by atoms with E-state index in [1.165, 1.54) is 57.7 Å². The zero-order valence-electron chi connectivity index (χ0n) is 26.6. The molecule has 15 nitrogen and oxygen atoms in total. The zero-order chi connectivity index (χ0) is 34.6. The van der Waals surface area contributed by atoms with Crippen molar-refractivity contribution in [2.75, 3.05) is 61.0 Å². The molecule has 3 unspecified atom stereocenters. The minimum Gasteiger partial charge on any atom is -0.507 e. The molecule has 4 aromatic rings. The highest BCUT2D eigenvalue weighted by Crippen LogP contribution is 2.37. The van der Waals surface area contributed by atoms with Crippen LogP contribution in [0.2, 0.25) is 0 Å². The van der Waals surface area contributed by atoms with E-state index in [1.807, 2.05) is 0 Å². The lowest BCUT2D eigenvalue weighted by molar-refractivity contribution is 0.0325. The average molecular weight is 670 g/mol. The molecule has 6 N–H and O–H groups in total. The third-order valence-corrected chi connectivity index (χ3v) is 6.67. The topological polar surface area (TPSA) is 215 Å². The standard InChI is InChI=1S/C33H39N3O12/c1-43-13-19(37)16-46-22-4-7-25(28(40)10-22)31-34-32(26-8-5-23(11-29(26)41)47-17-20(38)14-44-2)36-33(35-31)27-9-6-24(12-30(27)42)48-18-21(39)15-45-3/h4-12,19-21,37-42H,13-18H2,1-3H3.